The minimum atomic E-state index is -0.284. The van der Waals surface area contributed by atoms with Gasteiger partial charge in [-0.05, 0) is 146 Å². The van der Waals surface area contributed by atoms with Gasteiger partial charge in [0.15, 0.2) is 0 Å². The SMILES string of the molecule is C[C@@H]1CC=C[C@@]2(CCC[C@H]3[C@@H]4Cc5cc(O)cc(c5)Cc5ccccc5CC[C@H]([C@H](C)O)CSSC[C@H](C4)C[C@@H]32)C1. The van der Waals surface area contributed by atoms with Crippen molar-refractivity contribution >= 4 is 21.6 Å². The lowest BCUT2D eigenvalue weighted by Crippen LogP contribution is -2.47. The van der Waals surface area contributed by atoms with E-state index in [0.717, 1.165) is 55.1 Å². The Kier molecular flexibility index (Phi) is 9.49. The summed E-state index contributed by atoms with van der Waals surface area (Å²) in [6, 6.07) is 15.2. The molecule has 0 aromatic heterocycles. The number of phenolic OH excluding ortho intramolecular Hbond substituents is 1. The van der Waals surface area contributed by atoms with E-state index in [4.69, 9.17) is 0 Å². The average molecular weight is 591 g/mol. The second kappa shape index (κ2) is 13.1. The third-order valence-electron chi connectivity index (χ3n) is 11.2. The van der Waals surface area contributed by atoms with Gasteiger partial charge < -0.3 is 10.2 Å². The molecule has 4 bridgehead atoms. The van der Waals surface area contributed by atoms with Gasteiger partial charge in [0.1, 0.15) is 5.75 Å². The fourth-order valence-electron chi connectivity index (χ4n) is 9.22. The number of benzene rings is 2. The molecule has 2 nitrogen and oxygen atoms in total. The van der Waals surface area contributed by atoms with Crippen LogP contribution in [0.5, 0.6) is 5.75 Å². The van der Waals surface area contributed by atoms with Crippen LogP contribution >= 0.6 is 21.6 Å². The van der Waals surface area contributed by atoms with Crippen molar-refractivity contribution in [2.24, 2.45) is 40.9 Å². The van der Waals surface area contributed by atoms with Crippen molar-refractivity contribution in [1.29, 1.82) is 0 Å². The number of rotatable bonds is 1. The third-order valence-corrected chi connectivity index (χ3v) is 13.8. The van der Waals surface area contributed by atoms with Crippen LogP contribution in [0.15, 0.2) is 54.6 Å². The minimum absolute atomic E-state index is 0.284. The van der Waals surface area contributed by atoms with Crippen molar-refractivity contribution in [3.8, 4) is 5.75 Å². The first-order valence-corrected chi connectivity index (χ1v) is 18.9. The highest BCUT2D eigenvalue weighted by Gasteiger charge is 2.50. The van der Waals surface area contributed by atoms with Crippen molar-refractivity contribution in [1.82, 2.24) is 0 Å². The molecule has 2 saturated carbocycles. The standard InChI is InChI=1S/C37H50O2S2/c1-25-7-5-13-37(22-25)14-6-10-35-33-17-28-15-27(19-34(39)20-28)16-31-9-4-3-8-30(31)11-12-32(26(2)38)24-41-40-23-29(18-33)21-36(35)37/h3-5,8-9,13,15,19-20,25-26,29,32-33,35-36,38-39H,6-7,10-12,14,16-18,21-24H2,1-2H3/t25-,26+,29-,32+,33-,35+,36+,37-/m1/s1. The Labute approximate surface area is 256 Å². The Hall–Kier alpha value is -1.36. The highest BCUT2D eigenvalue weighted by molar-refractivity contribution is 8.76. The van der Waals surface area contributed by atoms with Crippen LogP contribution in [0.3, 0.4) is 0 Å². The summed E-state index contributed by atoms with van der Waals surface area (Å²) in [5.74, 6) is 6.79. The maximum Gasteiger partial charge on any atom is 0.116 e. The maximum absolute atomic E-state index is 10.9. The molecule has 2 fully saturated rings. The summed E-state index contributed by atoms with van der Waals surface area (Å²) in [6.45, 7) is 4.45. The smallest absolute Gasteiger partial charge is 0.116 e. The third kappa shape index (κ3) is 6.91. The fraction of sp³-hybridized carbons (Fsp3) is 0.622. The molecule has 1 spiro atoms. The van der Waals surface area contributed by atoms with Gasteiger partial charge in [0.2, 0.25) is 0 Å². The largest absolute Gasteiger partial charge is 0.508 e. The summed E-state index contributed by atoms with van der Waals surface area (Å²) in [4.78, 5) is 0. The first-order chi connectivity index (χ1) is 19.9. The average Bonchev–Trinajstić information content (AvgIpc) is 2.93. The quantitative estimate of drug-likeness (QED) is 0.257. The molecule has 0 amide bonds. The number of aliphatic hydroxyl groups is 1. The zero-order valence-corrected chi connectivity index (χ0v) is 26.8. The fourth-order valence-corrected chi connectivity index (χ4v) is 12.2. The molecule has 6 rings (SSSR count). The van der Waals surface area contributed by atoms with Gasteiger partial charge in [-0.15, -0.1) is 0 Å². The van der Waals surface area contributed by atoms with Gasteiger partial charge >= 0.3 is 0 Å². The van der Waals surface area contributed by atoms with Gasteiger partial charge in [-0.1, -0.05) is 77.4 Å². The van der Waals surface area contributed by atoms with Crippen LogP contribution in [0, 0.1) is 40.9 Å². The summed E-state index contributed by atoms with van der Waals surface area (Å²) in [7, 11) is 4.08. The molecule has 1 heterocycles. The lowest BCUT2D eigenvalue weighted by Gasteiger charge is -2.55. The van der Waals surface area contributed by atoms with Crippen LogP contribution in [0.2, 0.25) is 0 Å². The topological polar surface area (TPSA) is 40.5 Å². The molecule has 3 aliphatic carbocycles. The Morgan fingerprint density at radius 3 is 2.61 bits per heavy atom. The molecule has 41 heavy (non-hydrogen) atoms. The summed E-state index contributed by atoms with van der Waals surface area (Å²) in [5, 5.41) is 21.5. The lowest BCUT2D eigenvalue weighted by atomic mass is 9.50. The Bertz CT molecular complexity index is 1210. The number of fused-ring (bicyclic) bond motifs is 8. The minimum Gasteiger partial charge on any atom is -0.508 e. The normalized spacial score (nSPS) is 35.2. The molecule has 4 aliphatic rings. The van der Waals surface area contributed by atoms with E-state index in [0.29, 0.717) is 23.0 Å². The number of phenols is 1. The number of allylic oxidation sites excluding steroid dienone is 2. The number of aryl methyl sites for hydroxylation is 1. The van der Waals surface area contributed by atoms with Crippen LogP contribution in [0.1, 0.15) is 87.5 Å². The van der Waals surface area contributed by atoms with Crippen molar-refractivity contribution in [3.63, 3.8) is 0 Å². The number of aromatic hydroxyl groups is 1. The van der Waals surface area contributed by atoms with E-state index < -0.39 is 0 Å². The van der Waals surface area contributed by atoms with Crippen LogP contribution in [0.4, 0.5) is 0 Å². The Morgan fingerprint density at radius 1 is 0.976 bits per heavy atom. The summed E-state index contributed by atoms with van der Waals surface area (Å²) >= 11 is 0. The number of hydrogen-bond donors (Lipinski definition) is 2. The molecule has 8 atom stereocenters. The Morgan fingerprint density at radius 2 is 1.78 bits per heavy atom. The molecule has 2 N–H and O–H groups in total. The monoisotopic (exact) mass is 590 g/mol. The first kappa shape index (κ1) is 29.7. The van der Waals surface area contributed by atoms with Crippen molar-refractivity contribution in [2.45, 2.75) is 90.6 Å². The van der Waals surface area contributed by atoms with Crippen LogP contribution in [-0.4, -0.2) is 27.8 Å². The van der Waals surface area contributed by atoms with Crippen molar-refractivity contribution < 1.29 is 10.2 Å². The second-order valence-corrected chi connectivity index (χ2v) is 16.8. The second-order valence-electron chi connectivity index (χ2n) is 14.2. The molecule has 2 aromatic carbocycles. The molecular weight excluding hydrogens is 541 g/mol. The van der Waals surface area contributed by atoms with Crippen LogP contribution in [0.25, 0.3) is 0 Å². The number of aliphatic hydroxyl groups excluding tert-OH is 1. The van der Waals surface area contributed by atoms with Crippen LogP contribution in [-0.2, 0) is 19.3 Å². The molecule has 0 radical (unpaired) electrons. The van der Waals surface area contributed by atoms with Gasteiger partial charge in [0.05, 0.1) is 6.10 Å². The van der Waals surface area contributed by atoms with Crippen molar-refractivity contribution in [2.75, 3.05) is 11.5 Å². The Balaban J connectivity index is 1.33. The van der Waals surface area contributed by atoms with Gasteiger partial charge in [0, 0.05) is 11.5 Å². The number of hydrogen-bond acceptors (Lipinski definition) is 4. The van der Waals surface area contributed by atoms with E-state index in [1.54, 1.807) is 0 Å². The van der Waals surface area contributed by atoms with E-state index in [1.165, 1.54) is 73.0 Å². The zero-order valence-electron chi connectivity index (χ0n) is 25.1. The van der Waals surface area contributed by atoms with Crippen molar-refractivity contribution in [3.05, 3.63) is 76.9 Å². The van der Waals surface area contributed by atoms with Gasteiger partial charge in [-0.2, -0.15) is 0 Å². The van der Waals surface area contributed by atoms with E-state index in [2.05, 4.69) is 66.3 Å². The van der Waals surface area contributed by atoms with E-state index in [1.807, 2.05) is 23.8 Å². The molecule has 4 heteroatoms. The highest BCUT2D eigenvalue weighted by atomic mass is 33.1. The van der Waals surface area contributed by atoms with Gasteiger partial charge in [0.25, 0.3) is 0 Å². The van der Waals surface area contributed by atoms with Crippen LogP contribution < -0.4 is 0 Å². The molecule has 222 valence electrons. The van der Waals surface area contributed by atoms with E-state index >= 15 is 0 Å². The van der Waals surface area contributed by atoms with E-state index in [9.17, 15) is 10.2 Å². The first-order valence-electron chi connectivity index (χ1n) is 16.4. The predicted octanol–water partition coefficient (Wildman–Crippen LogP) is 9.27. The zero-order chi connectivity index (χ0) is 28.4. The van der Waals surface area contributed by atoms with E-state index in [-0.39, 0.29) is 6.10 Å². The molecule has 1 aliphatic heterocycles. The summed E-state index contributed by atoms with van der Waals surface area (Å²) < 4.78 is 0. The molecule has 0 unspecified atom stereocenters. The predicted molar refractivity (Wildman–Crippen MR) is 176 cm³/mol. The summed E-state index contributed by atoms with van der Waals surface area (Å²) in [6.07, 6.45) is 18.3. The molecule has 2 aromatic rings. The highest BCUT2D eigenvalue weighted by Crippen LogP contribution is 2.59. The summed E-state index contributed by atoms with van der Waals surface area (Å²) in [5.41, 5.74) is 5.69. The van der Waals surface area contributed by atoms with Gasteiger partial charge in [-0.3, -0.25) is 0 Å². The molecule has 0 saturated heterocycles. The lowest BCUT2D eigenvalue weighted by molar-refractivity contribution is -0.0224. The molecular formula is C37H50O2S2. The maximum atomic E-state index is 10.9. The van der Waals surface area contributed by atoms with Gasteiger partial charge in [-0.25, -0.2) is 0 Å².